The zero-order valence-electron chi connectivity index (χ0n) is 12.7. The minimum atomic E-state index is 0.734. The molecule has 0 aliphatic rings. The summed E-state index contributed by atoms with van der Waals surface area (Å²) < 4.78 is 0. The second-order valence-electron chi connectivity index (χ2n) is 5.47. The number of rotatable bonds is 3. The third-order valence-corrected chi connectivity index (χ3v) is 3.91. The number of H-pyrrole nitrogens is 1. The van der Waals surface area contributed by atoms with Gasteiger partial charge in [0, 0.05) is 27.5 Å². The fourth-order valence-corrected chi connectivity index (χ4v) is 2.76. The van der Waals surface area contributed by atoms with Crippen molar-refractivity contribution in [1.82, 2.24) is 9.97 Å². The fraction of sp³-hybridized carbons (Fsp3) is 0.0526. The molecule has 4 rings (SSSR count). The van der Waals surface area contributed by atoms with Crippen molar-refractivity contribution in [2.45, 2.75) is 6.92 Å². The van der Waals surface area contributed by atoms with Gasteiger partial charge in [0.25, 0.3) is 0 Å². The van der Waals surface area contributed by atoms with Gasteiger partial charge in [-0.1, -0.05) is 36.4 Å². The molecule has 2 aromatic heterocycles. The smallest absolute Gasteiger partial charge is 0.146 e. The second-order valence-corrected chi connectivity index (χ2v) is 5.47. The van der Waals surface area contributed by atoms with E-state index < -0.39 is 0 Å². The Morgan fingerprint density at radius 1 is 1.00 bits per heavy atom. The summed E-state index contributed by atoms with van der Waals surface area (Å²) >= 11 is 0. The van der Waals surface area contributed by atoms with Crippen LogP contribution in [0, 0.1) is 6.92 Å². The summed E-state index contributed by atoms with van der Waals surface area (Å²) in [5, 5.41) is 6.63. The lowest BCUT2D eigenvalue weighted by Gasteiger charge is -2.01. The number of hydrogen-bond donors (Lipinski definition) is 2. The molecule has 0 amide bonds. The van der Waals surface area contributed by atoms with Crippen LogP contribution < -0.4 is 5.43 Å². The van der Waals surface area contributed by atoms with Crippen LogP contribution in [0.5, 0.6) is 0 Å². The van der Waals surface area contributed by atoms with Crippen LogP contribution in [0.15, 0.2) is 65.8 Å². The molecule has 112 valence electrons. The average molecular weight is 300 g/mol. The Hall–Kier alpha value is -3.14. The van der Waals surface area contributed by atoms with Crippen LogP contribution in [0.1, 0.15) is 11.3 Å². The van der Waals surface area contributed by atoms with E-state index in [-0.39, 0.29) is 0 Å². The van der Waals surface area contributed by atoms with Crippen LogP contribution in [-0.2, 0) is 0 Å². The number of aryl methyl sites for hydroxylation is 1. The number of pyridine rings is 1. The van der Waals surface area contributed by atoms with E-state index in [2.05, 4.69) is 39.6 Å². The van der Waals surface area contributed by atoms with Crippen LogP contribution in [0.4, 0.5) is 5.82 Å². The van der Waals surface area contributed by atoms with E-state index in [1.165, 1.54) is 5.39 Å². The molecule has 0 aliphatic heterocycles. The van der Waals surface area contributed by atoms with Crippen LogP contribution in [-0.4, -0.2) is 16.2 Å². The summed E-state index contributed by atoms with van der Waals surface area (Å²) in [6, 6.07) is 20.2. The van der Waals surface area contributed by atoms with Gasteiger partial charge in [0.1, 0.15) is 5.82 Å². The van der Waals surface area contributed by atoms with E-state index in [4.69, 9.17) is 0 Å². The van der Waals surface area contributed by atoms with Crippen molar-refractivity contribution in [3.63, 3.8) is 0 Å². The third kappa shape index (κ3) is 2.55. The molecule has 2 heterocycles. The first-order valence-corrected chi connectivity index (χ1v) is 7.53. The van der Waals surface area contributed by atoms with Gasteiger partial charge in [-0.2, -0.15) is 5.10 Å². The normalized spacial score (nSPS) is 11.5. The molecular formula is C19H16N4. The second kappa shape index (κ2) is 5.57. The van der Waals surface area contributed by atoms with Crippen molar-refractivity contribution in [2.24, 2.45) is 5.10 Å². The number of hydrogen-bond acceptors (Lipinski definition) is 3. The predicted molar refractivity (Wildman–Crippen MR) is 96.0 cm³/mol. The Balaban J connectivity index is 1.61. The Morgan fingerprint density at radius 3 is 2.78 bits per heavy atom. The molecule has 23 heavy (non-hydrogen) atoms. The number of aromatic amines is 1. The lowest BCUT2D eigenvalue weighted by Crippen LogP contribution is -1.94. The standard InChI is InChI=1S/C19H16N4/c1-13-16(15-7-3-5-9-18(15)21-13)12-20-23-19-11-10-14-6-2-4-8-17(14)22-19/h2-12,21H,1H3,(H,22,23). The maximum atomic E-state index is 4.55. The van der Waals surface area contributed by atoms with E-state index >= 15 is 0 Å². The van der Waals surface area contributed by atoms with Gasteiger partial charge in [-0.05, 0) is 31.2 Å². The van der Waals surface area contributed by atoms with Crippen molar-refractivity contribution >= 4 is 33.8 Å². The summed E-state index contributed by atoms with van der Waals surface area (Å²) in [7, 11) is 0. The molecule has 0 atom stereocenters. The largest absolute Gasteiger partial charge is 0.358 e. The highest BCUT2D eigenvalue weighted by Crippen LogP contribution is 2.20. The summed E-state index contributed by atoms with van der Waals surface area (Å²) in [5.74, 6) is 0.734. The molecule has 0 saturated carbocycles. The highest BCUT2D eigenvalue weighted by molar-refractivity contribution is 6.00. The Bertz CT molecular complexity index is 1010. The molecule has 4 nitrogen and oxygen atoms in total. The Labute approximate surface area is 133 Å². The summed E-state index contributed by atoms with van der Waals surface area (Å²) in [4.78, 5) is 7.91. The van der Waals surface area contributed by atoms with Crippen molar-refractivity contribution in [2.75, 3.05) is 5.43 Å². The summed E-state index contributed by atoms with van der Waals surface area (Å²) in [6.07, 6.45) is 1.84. The van der Waals surface area contributed by atoms with E-state index in [0.717, 1.165) is 33.5 Å². The molecule has 0 aliphatic carbocycles. The van der Waals surface area contributed by atoms with Gasteiger partial charge in [0.15, 0.2) is 0 Å². The molecular weight excluding hydrogens is 284 g/mol. The molecule has 0 fully saturated rings. The van der Waals surface area contributed by atoms with Gasteiger partial charge in [-0.15, -0.1) is 0 Å². The van der Waals surface area contributed by atoms with Crippen molar-refractivity contribution in [1.29, 1.82) is 0 Å². The summed E-state index contributed by atoms with van der Waals surface area (Å²) in [5.41, 5.74) is 7.28. The third-order valence-electron chi connectivity index (χ3n) is 3.91. The molecule has 4 heteroatoms. The first-order valence-electron chi connectivity index (χ1n) is 7.53. The zero-order valence-corrected chi connectivity index (χ0v) is 12.7. The number of anilines is 1. The number of fused-ring (bicyclic) bond motifs is 2. The Morgan fingerprint density at radius 2 is 1.83 bits per heavy atom. The van der Waals surface area contributed by atoms with Crippen molar-refractivity contribution in [3.05, 3.63) is 71.9 Å². The van der Waals surface area contributed by atoms with E-state index in [0.29, 0.717) is 0 Å². The summed E-state index contributed by atoms with van der Waals surface area (Å²) in [6.45, 7) is 2.05. The molecule has 0 saturated heterocycles. The maximum Gasteiger partial charge on any atom is 0.146 e. The maximum absolute atomic E-state index is 4.55. The van der Waals surface area contributed by atoms with Crippen LogP contribution in [0.25, 0.3) is 21.8 Å². The Kier molecular flexibility index (Phi) is 3.27. The van der Waals surface area contributed by atoms with Gasteiger partial charge < -0.3 is 4.98 Å². The average Bonchev–Trinajstić information content (AvgIpc) is 2.90. The van der Waals surface area contributed by atoms with Crippen LogP contribution in [0.2, 0.25) is 0 Å². The van der Waals surface area contributed by atoms with Crippen molar-refractivity contribution in [3.8, 4) is 0 Å². The molecule has 4 aromatic rings. The lowest BCUT2D eigenvalue weighted by atomic mass is 10.1. The molecule has 0 bridgehead atoms. The quantitative estimate of drug-likeness (QED) is 0.433. The molecule has 2 N–H and O–H groups in total. The van der Waals surface area contributed by atoms with Gasteiger partial charge in [0.05, 0.1) is 11.7 Å². The predicted octanol–water partition coefficient (Wildman–Crippen LogP) is 4.47. The molecule has 0 spiro atoms. The van der Waals surface area contributed by atoms with Gasteiger partial charge in [0.2, 0.25) is 0 Å². The number of benzene rings is 2. The van der Waals surface area contributed by atoms with E-state index in [1.807, 2.05) is 54.7 Å². The monoisotopic (exact) mass is 300 g/mol. The zero-order chi connectivity index (χ0) is 15.6. The minimum Gasteiger partial charge on any atom is -0.358 e. The molecule has 0 radical (unpaired) electrons. The number of aromatic nitrogens is 2. The highest BCUT2D eigenvalue weighted by atomic mass is 15.3. The first-order chi connectivity index (χ1) is 11.3. The lowest BCUT2D eigenvalue weighted by molar-refractivity contribution is 1.25. The molecule has 0 unspecified atom stereocenters. The van der Waals surface area contributed by atoms with E-state index in [1.54, 1.807) is 0 Å². The SMILES string of the molecule is Cc1[nH]c2ccccc2c1C=NNc1ccc2ccccc2n1. The van der Waals surface area contributed by atoms with Gasteiger partial charge >= 0.3 is 0 Å². The fourth-order valence-electron chi connectivity index (χ4n) is 2.76. The topological polar surface area (TPSA) is 53.1 Å². The van der Waals surface area contributed by atoms with Gasteiger partial charge in [-0.3, -0.25) is 5.43 Å². The molecule has 2 aromatic carbocycles. The highest BCUT2D eigenvalue weighted by Gasteiger charge is 2.05. The van der Waals surface area contributed by atoms with Crippen molar-refractivity contribution < 1.29 is 0 Å². The first kappa shape index (κ1) is 13.5. The van der Waals surface area contributed by atoms with Crippen LogP contribution in [0.3, 0.4) is 0 Å². The number of para-hydroxylation sites is 2. The van der Waals surface area contributed by atoms with E-state index in [9.17, 15) is 0 Å². The van der Waals surface area contributed by atoms with Gasteiger partial charge in [-0.25, -0.2) is 4.98 Å². The number of nitrogens with one attached hydrogen (secondary N) is 2. The minimum absolute atomic E-state index is 0.734. The number of hydrazone groups is 1. The number of nitrogens with zero attached hydrogens (tertiary/aromatic N) is 2. The van der Waals surface area contributed by atoms with Crippen LogP contribution >= 0.6 is 0 Å².